The van der Waals surface area contributed by atoms with E-state index in [4.69, 9.17) is 0 Å². The van der Waals surface area contributed by atoms with Crippen LogP contribution in [-0.4, -0.2) is 23.1 Å². The van der Waals surface area contributed by atoms with Crippen LogP contribution in [0.3, 0.4) is 0 Å². The van der Waals surface area contributed by atoms with Crippen molar-refractivity contribution in [2.75, 3.05) is 13.6 Å². The molecule has 76 valence electrons. The van der Waals surface area contributed by atoms with Gasteiger partial charge in [-0.2, -0.15) is 0 Å². The van der Waals surface area contributed by atoms with Crippen molar-refractivity contribution in [1.29, 1.82) is 0 Å². The first kappa shape index (κ1) is 8.48. The Morgan fingerprint density at radius 1 is 1.57 bits per heavy atom. The lowest BCUT2D eigenvalue weighted by Crippen LogP contribution is -2.10. The van der Waals surface area contributed by atoms with E-state index in [0.717, 1.165) is 24.4 Å². The molecule has 2 atom stereocenters. The monoisotopic (exact) mass is 191 g/mol. The summed E-state index contributed by atoms with van der Waals surface area (Å²) in [5.41, 5.74) is 1.48. The van der Waals surface area contributed by atoms with Gasteiger partial charge in [-0.15, -0.1) is 0 Å². The molecule has 2 unspecified atom stereocenters. The van der Waals surface area contributed by atoms with Crippen molar-refractivity contribution >= 4 is 0 Å². The standard InChI is InChI=1S/C11H17N3/c1-12-5-8-4-10(8)11-6-13-7-14(11)9-2-3-9/h6-10,12H,2-5H2,1H3. The lowest BCUT2D eigenvalue weighted by Gasteiger charge is -2.05. The second-order valence-electron chi connectivity index (χ2n) is 4.62. The minimum atomic E-state index is 0.781. The molecule has 2 aliphatic rings. The van der Waals surface area contributed by atoms with Crippen LogP contribution in [0.5, 0.6) is 0 Å². The van der Waals surface area contributed by atoms with Crippen molar-refractivity contribution < 1.29 is 0 Å². The molecule has 0 saturated heterocycles. The Morgan fingerprint density at radius 3 is 3.14 bits per heavy atom. The molecule has 0 amide bonds. The number of imidazole rings is 1. The van der Waals surface area contributed by atoms with Crippen LogP contribution in [-0.2, 0) is 0 Å². The Morgan fingerprint density at radius 2 is 2.43 bits per heavy atom. The van der Waals surface area contributed by atoms with E-state index in [1.54, 1.807) is 0 Å². The van der Waals surface area contributed by atoms with Crippen LogP contribution in [0.25, 0.3) is 0 Å². The molecule has 1 N–H and O–H groups in total. The first-order valence-electron chi connectivity index (χ1n) is 5.56. The zero-order valence-corrected chi connectivity index (χ0v) is 8.61. The summed E-state index contributed by atoms with van der Waals surface area (Å²) in [6.45, 7) is 1.15. The zero-order valence-electron chi connectivity index (χ0n) is 8.61. The fourth-order valence-corrected chi connectivity index (χ4v) is 2.36. The maximum absolute atomic E-state index is 4.28. The smallest absolute Gasteiger partial charge is 0.0950 e. The largest absolute Gasteiger partial charge is 0.331 e. The van der Waals surface area contributed by atoms with Gasteiger partial charge >= 0.3 is 0 Å². The second kappa shape index (κ2) is 3.09. The van der Waals surface area contributed by atoms with Gasteiger partial charge in [0.05, 0.1) is 6.33 Å². The molecule has 0 radical (unpaired) electrons. The van der Waals surface area contributed by atoms with Gasteiger partial charge in [0.15, 0.2) is 0 Å². The average molecular weight is 191 g/mol. The van der Waals surface area contributed by atoms with Crippen LogP contribution in [0.1, 0.15) is 36.9 Å². The maximum Gasteiger partial charge on any atom is 0.0950 e. The summed E-state index contributed by atoms with van der Waals surface area (Å²) in [5, 5.41) is 3.26. The van der Waals surface area contributed by atoms with E-state index in [1.165, 1.54) is 25.0 Å². The molecule has 1 heterocycles. The van der Waals surface area contributed by atoms with Gasteiger partial charge in [-0.05, 0) is 38.8 Å². The van der Waals surface area contributed by atoms with Crippen LogP contribution in [0, 0.1) is 5.92 Å². The summed E-state index contributed by atoms with van der Waals surface area (Å²) in [4.78, 5) is 4.28. The van der Waals surface area contributed by atoms with Crippen LogP contribution < -0.4 is 5.32 Å². The first-order chi connectivity index (χ1) is 6.90. The molecular formula is C11H17N3. The first-order valence-corrected chi connectivity index (χ1v) is 5.56. The third-order valence-corrected chi connectivity index (χ3v) is 3.41. The van der Waals surface area contributed by atoms with E-state index < -0.39 is 0 Å². The van der Waals surface area contributed by atoms with Gasteiger partial charge in [0.2, 0.25) is 0 Å². The molecule has 2 saturated carbocycles. The van der Waals surface area contributed by atoms with Crippen LogP contribution in [0.4, 0.5) is 0 Å². The van der Waals surface area contributed by atoms with Gasteiger partial charge in [-0.3, -0.25) is 0 Å². The molecule has 3 nitrogen and oxygen atoms in total. The van der Waals surface area contributed by atoms with E-state index in [-0.39, 0.29) is 0 Å². The highest BCUT2D eigenvalue weighted by atomic mass is 15.1. The van der Waals surface area contributed by atoms with Gasteiger partial charge < -0.3 is 9.88 Å². The third-order valence-electron chi connectivity index (χ3n) is 3.41. The van der Waals surface area contributed by atoms with Crippen LogP contribution in [0.15, 0.2) is 12.5 Å². The summed E-state index contributed by atoms with van der Waals surface area (Å²) in [7, 11) is 2.04. The Hall–Kier alpha value is -0.830. The van der Waals surface area contributed by atoms with Gasteiger partial charge in [-0.1, -0.05) is 0 Å². The van der Waals surface area contributed by atoms with Crippen molar-refractivity contribution in [3.05, 3.63) is 18.2 Å². The molecule has 0 aliphatic heterocycles. The number of rotatable bonds is 4. The minimum absolute atomic E-state index is 0.781. The van der Waals surface area contributed by atoms with Crippen molar-refractivity contribution in [3.63, 3.8) is 0 Å². The Bertz CT molecular complexity index is 327. The lowest BCUT2D eigenvalue weighted by molar-refractivity contribution is 0.652. The van der Waals surface area contributed by atoms with E-state index in [0.29, 0.717) is 0 Å². The van der Waals surface area contributed by atoms with Gasteiger partial charge in [0, 0.05) is 23.9 Å². The summed E-state index contributed by atoms with van der Waals surface area (Å²) in [5.74, 6) is 1.64. The number of hydrogen-bond acceptors (Lipinski definition) is 2. The third kappa shape index (κ3) is 1.36. The number of aromatic nitrogens is 2. The SMILES string of the molecule is CNCC1CC1c1cncn1C1CC1. The van der Waals surface area contributed by atoms with Crippen LogP contribution >= 0.6 is 0 Å². The Labute approximate surface area is 84.5 Å². The highest BCUT2D eigenvalue weighted by Gasteiger charge is 2.41. The van der Waals surface area contributed by atoms with E-state index in [9.17, 15) is 0 Å². The summed E-state index contributed by atoms with van der Waals surface area (Å²) >= 11 is 0. The van der Waals surface area contributed by atoms with Gasteiger partial charge in [0.1, 0.15) is 0 Å². The zero-order chi connectivity index (χ0) is 9.54. The van der Waals surface area contributed by atoms with E-state index in [2.05, 4.69) is 21.1 Å². The van der Waals surface area contributed by atoms with Crippen molar-refractivity contribution in [2.45, 2.75) is 31.2 Å². The molecule has 0 bridgehead atoms. The quantitative estimate of drug-likeness (QED) is 0.782. The Kier molecular flexibility index (Phi) is 1.87. The topological polar surface area (TPSA) is 29.9 Å². The van der Waals surface area contributed by atoms with Gasteiger partial charge in [0.25, 0.3) is 0 Å². The Balaban J connectivity index is 1.74. The highest BCUT2D eigenvalue weighted by Crippen LogP contribution is 2.49. The molecule has 3 rings (SSSR count). The molecule has 1 aromatic rings. The summed E-state index contributed by atoms with van der Waals surface area (Å²) in [6.07, 6.45) is 8.14. The molecule has 0 spiro atoms. The molecule has 14 heavy (non-hydrogen) atoms. The van der Waals surface area contributed by atoms with E-state index >= 15 is 0 Å². The molecule has 1 aromatic heterocycles. The lowest BCUT2D eigenvalue weighted by atomic mass is 10.2. The molecule has 2 aliphatic carbocycles. The number of hydrogen-bond donors (Lipinski definition) is 1. The minimum Gasteiger partial charge on any atom is -0.331 e. The summed E-state index contributed by atoms with van der Waals surface area (Å²) in [6, 6.07) is 0.781. The van der Waals surface area contributed by atoms with Crippen molar-refractivity contribution in [2.24, 2.45) is 5.92 Å². The number of nitrogens with one attached hydrogen (secondary N) is 1. The maximum atomic E-state index is 4.28. The predicted octanol–water partition coefficient (Wildman–Crippen LogP) is 1.54. The van der Waals surface area contributed by atoms with E-state index in [1.807, 2.05) is 13.4 Å². The fraction of sp³-hybridized carbons (Fsp3) is 0.727. The summed E-state index contributed by atoms with van der Waals surface area (Å²) < 4.78 is 2.40. The molecule has 3 heteroatoms. The highest BCUT2D eigenvalue weighted by molar-refractivity contribution is 5.18. The second-order valence-corrected chi connectivity index (χ2v) is 4.62. The normalized spacial score (nSPS) is 30.6. The molecule has 0 aromatic carbocycles. The van der Waals surface area contributed by atoms with Gasteiger partial charge in [-0.25, -0.2) is 4.98 Å². The molecule has 2 fully saturated rings. The van der Waals surface area contributed by atoms with Crippen molar-refractivity contribution in [1.82, 2.24) is 14.9 Å². The number of nitrogens with zero attached hydrogens (tertiary/aromatic N) is 2. The predicted molar refractivity (Wildman–Crippen MR) is 55.3 cm³/mol. The molecular weight excluding hydrogens is 174 g/mol. The fourth-order valence-electron chi connectivity index (χ4n) is 2.36. The van der Waals surface area contributed by atoms with Crippen molar-refractivity contribution in [3.8, 4) is 0 Å². The average Bonchev–Trinajstić information content (AvgIpc) is 3.10. The van der Waals surface area contributed by atoms with Crippen LogP contribution in [0.2, 0.25) is 0 Å².